The minimum absolute atomic E-state index is 0.106. The number of benzene rings is 2. The number of nitrogens with one attached hydrogen (secondary N) is 3. The Bertz CT molecular complexity index is 1160. The summed E-state index contributed by atoms with van der Waals surface area (Å²) in [5.74, 6) is -2.29. The van der Waals surface area contributed by atoms with Gasteiger partial charge in [-0.1, -0.05) is 29.3 Å². The van der Waals surface area contributed by atoms with E-state index in [-0.39, 0.29) is 18.8 Å². The van der Waals surface area contributed by atoms with Gasteiger partial charge >= 0.3 is 11.8 Å². The van der Waals surface area contributed by atoms with E-state index in [1.165, 1.54) is 11.8 Å². The Morgan fingerprint density at radius 1 is 1.06 bits per heavy atom. The van der Waals surface area contributed by atoms with Crippen LogP contribution in [-0.2, 0) is 14.3 Å². The summed E-state index contributed by atoms with van der Waals surface area (Å²) in [5.41, 5.74) is 4.29. The van der Waals surface area contributed by atoms with Crippen molar-refractivity contribution >= 4 is 57.5 Å². The number of rotatable bonds is 6. The number of ether oxygens (including phenoxy) is 1. The third kappa shape index (κ3) is 5.16. The SMILES string of the molecule is COCCNC(=O)C(=O)Nn1c(C(=O)Nc2cccc(Cl)c2C)cc2cc(Cl)ccc21. The molecule has 31 heavy (non-hydrogen) atoms. The van der Waals surface area contributed by atoms with Gasteiger partial charge < -0.3 is 15.4 Å². The van der Waals surface area contributed by atoms with Crippen LogP contribution < -0.4 is 16.1 Å². The van der Waals surface area contributed by atoms with Crippen LogP contribution in [0.2, 0.25) is 10.0 Å². The Hall–Kier alpha value is -3.07. The number of methoxy groups -OCH3 is 1. The fraction of sp³-hybridized carbons (Fsp3) is 0.190. The van der Waals surface area contributed by atoms with Crippen LogP contribution in [0.25, 0.3) is 10.9 Å². The quantitative estimate of drug-likeness (QED) is 0.386. The zero-order valence-electron chi connectivity index (χ0n) is 16.8. The van der Waals surface area contributed by atoms with Crippen molar-refractivity contribution in [3.8, 4) is 0 Å². The van der Waals surface area contributed by atoms with Gasteiger partial charge in [-0.05, 0) is 48.9 Å². The molecule has 0 radical (unpaired) electrons. The van der Waals surface area contributed by atoms with E-state index in [9.17, 15) is 14.4 Å². The first-order valence-electron chi connectivity index (χ1n) is 9.27. The molecule has 0 fully saturated rings. The van der Waals surface area contributed by atoms with Crippen LogP contribution >= 0.6 is 23.2 Å². The smallest absolute Gasteiger partial charge is 0.328 e. The molecule has 3 aromatic rings. The Labute approximate surface area is 188 Å². The lowest BCUT2D eigenvalue weighted by molar-refractivity contribution is -0.136. The minimum atomic E-state index is -0.934. The molecular weight excluding hydrogens is 443 g/mol. The highest BCUT2D eigenvalue weighted by molar-refractivity contribution is 6.38. The van der Waals surface area contributed by atoms with Crippen LogP contribution in [0.3, 0.4) is 0 Å². The molecule has 0 unspecified atom stereocenters. The summed E-state index contributed by atoms with van der Waals surface area (Å²) in [4.78, 5) is 37.5. The fourth-order valence-electron chi connectivity index (χ4n) is 2.90. The highest BCUT2D eigenvalue weighted by atomic mass is 35.5. The molecule has 2 aromatic carbocycles. The van der Waals surface area contributed by atoms with Gasteiger partial charge in [-0.3, -0.25) is 19.8 Å². The van der Waals surface area contributed by atoms with E-state index in [0.717, 1.165) is 0 Å². The van der Waals surface area contributed by atoms with Gasteiger partial charge in [0, 0.05) is 34.8 Å². The molecule has 0 saturated carbocycles. The highest BCUT2D eigenvalue weighted by Gasteiger charge is 2.21. The number of halogens is 2. The van der Waals surface area contributed by atoms with E-state index in [2.05, 4.69) is 16.1 Å². The number of hydrogen-bond donors (Lipinski definition) is 3. The predicted molar refractivity (Wildman–Crippen MR) is 120 cm³/mol. The van der Waals surface area contributed by atoms with Gasteiger partial charge in [0.2, 0.25) is 0 Å². The Balaban J connectivity index is 1.93. The molecule has 10 heteroatoms. The van der Waals surface area contributed by atoms with Crippen molar-refractivity contribution in [3.63, 3.8) is 0 Å². The van der Waals surface area contributed by atoms with Crippen molar-refractivity contribution in [1.29, 1.82) is 0 Å². The average molecular weight is 463 g/mol. The standard InChI is InChI=1S/C21H20Cl2N4O4/c1-12-15(23)4-3-5-16(12)25-19(28)18-11-13-10-14(22)6-7-17(13)27(18)26-21(30)20(29)24-8-9-31-2/h3-7,10-11H,8-9H2,1-2H3,(H,24,29)(H,25,28)(H,26,30). The second-order valence-electron chi connectivity index (χ2n) is 6.62. The van der Waals surface area contributed by atoms with Crippen molar-refractivity contribution in [2.45, 2.75) is 6.92 Å². The molecule has 3 N–H and O–H groups in total. The summed E-state index contributed by atoms with van der Waals surface area (Å²) >= 11 is 12.2. The molecule has 0 aliphatic rings. The maximum Gasteiger partial charge on any atom is 0.328 e. The molecule has 3 rings (SSSR count). The van der Waals surface area contributed by atoms with Crippen LogP contribution in [0.15, 0.2) is 42.5 Å². The summed E-state index contributed by atoms with van der Waals surface area (Å²) in [7, 11) is 1.48. The highest BCUT2D eigenvalue weighted by Crippen LogP contribution is 2.26. The molecule has 0 spiro atoms. The molecule has 0 bridgehead atoms. The summed E-state index contributed by atoms with van der Waals surface area (Å²) < 4.78 is 6.09. The van der Waals surface area contributed by atoms with Crippen molar-refractivity contribution in [2.24, 2.45) is 0 Å². The fourth-order valence-corrected chi connectivity index (χ4v) is 3.26. The molecule has 3 amide bonds. The van der Waals surface area contributed by atoms with Gasteiger partial charge in [-0.2, -0.15) is 0 Å². The molecular formula is C21H20Cl2N4O4. The molecule has 0 saturated heterocycles. The third-order valence-electron chi connectivity index (χ3n) is 4.52. The number of anilines is 1. The van der Waals surface area contributed by atoms with Crippen LogP contribution in [-0.4, -0.2) is 42.7 Å². The number of aromatic nitrogens is 1. The number of fused-ring (bicyclic) bond motifs is 1. The van der Waals surface area contributed by atoms with Gasteiger partial charge in [-0.25, -0.2) is 4.68 Å². The van der Waals surface area contributed by atoms with Crippen molar-refractivity contribution in [2.75, 3.05) is 31.0 Å². The summed E-state index contributed by atoms with van der Waals surface area (Å²) in [5, 5.41) is 6.79. The monoisotopic (exact) mass is 462 g/mol. The van der Waals surface area contributed by atoms with E-state index < -0.39 is 17.7 Å². The number of carbonyl (C=O) groups is 3. The zero-order valence-corrected chi connectivity index (χ0v) is 18.3. The van der Waals surface area contributed by atoms with Crippen LogP contribution in [0, 0.1) is 6.92 Å². The molecule has 1 aromatic heterocycles. The Kier molecular flexibility index (Phi) is 7.17. The maximum atomic E-state index is 13.0. The van der Waals surface area contributed by atoms with E-state index in [0.29, 0.717) is 32.2 Å². The molecule has 162 valence electrons. The third-order valence-corrected chi connectivity index (χ3v) is 5.17. The van der Waals surface area contributed by atoms with E-state index in [1.54, 1.807) is 49.4 Å². The van der Waals surface area contributed by atoms with Crippen molar-refractivity contribution in [3.05, 3.63) is 63.8 Å². The number of carbonyl (C=O) groups excluding carboxylic acids is 3. The first kappa shape index (κ1) is 22.6. The van der Waals surface area contributed by atoms with Gasteiger partial charge in [0.1, 0.15) is 5.69 Å². The first-order valence-corrected chi connectivity index (χ1v) is 10.0. The molecule has 0 aliphatic heterocycles. The Morgan fingerprint density at radius 3 is 2.58 bits per heavy atom. The second-order valence-corrected chi connectivity index (χ2v) is 7.47. The number of nitrogens with zero attached hydrogens (tertiary/aromatic N) is 1. The van der Waals surface area contributed by atoms with E-state index in [1.807, 2.05) is 0 Å². The normalized spacial score (nSPS) is 10.7. The zero-order chi connectivity index (χ0) is 22.5. The van der Waals surface area contributed by atoms with Gasteiger partial charge in [0.05, 0.1) is 12.1 Å². The van der Waals surface area contributed by atoms with Crippen LogP contribution in [0.1, 0.15) is 16.1 Å². The van der Waals surface area contributed by atoms with Gasteiger partial charge in [0.25, 0.3) is 5.91 Å². The molecule has 8 nitrogen and oxygen atoms in total. The van der Waals surface area contributed by atoms with E-state index >= 15 is 0 Å². The number of amides is 3. The van der Waals surface area contributed by atoms with Crippen LogP contribution in [0.5, 0.6) is 0 Å². The topological polar surface area (TPSA) is 101 Å². The van der Waals surface area contributed by atoms with Crippen molar-refractivity contribution < 1.29 is 19.1 Å². The average Bonchev–Trinajstić information content (AvgIpc) is 3.08. The lowest BCUT2D eigenvalue weighted by Gasteiger charge is -2.14. The largest absolute Gasteiger partial charge is 0.383 e. The Morgan fingerprint density at radius 2 is 1.84 bits per heavy atom. The van der Waals surface area contributed by atoms with Crippen molar-refractivity contribution in [1.82, 2.24) is 9.99 Å². The predicted octanol–water partition coefficient (Wildman–Crippen LogP) is 3.34. The lowest BCUT2D eigenvalue weighted by Crippen LogP contribution is -2.40. The lowest BCUT2D eigenvalue weighted by atomic mass is 10.2. The second kappa shape index (κ2) is 9.82. The van der Waals surface area contributed by atoms with Crippen LogP contribution in [0.4, 0.5) is 5.69 Å². The molecule has 0 atom stereocenters. The minimum Gasteiger partial charge on any atom is -0.383 e. The first-order chi connectivity index (χ1) is 14.8. The maximum absolute atomic E-state index is 13.0. The molecule has 0 aliphatic carbocycles. The summed E-state index contributed by atoms with van der Waals surface area (Å²) in [6, 6.07) is 11.6. The summed E-state index contributed by atoms with van der Waals surface area (Å²) in [6.07, 6.45) is 0. The molecule has 1 heterocycles. The number of hydrogen-bond acceptors (Lipinski definition) is 4. The van der Waals surface area contributed by atoms with Gasteiger partial charge in [0.15, 0.2) is 0 Å². The summed E-state index contributed by atoms with van der Waals surface area (Å²) in [6.45, 7) is 2.21. The van der Waals surface area contributed by atoms with Gasteiger partial charge in [-0.15, -0.1) is 0 Å². The van der Waals surface area contributed by atoms with E-state index in [4.69, 9.17) is 27.9 Å².